The van der Waals surface area contributed by atoms with Crippen molar-refractivity contribution in [2.45, 2.75) is 0 Å². The van der Waals surface area contributed by atoms with Crippen LogP contribution in [0, 0.1) is 0 Å². The highest BCUT2D eigenvalue weighted by molar-refractivity contribution is 7.25. The number of thiophene rings is 1. The molecule has 0 fully saturated rings. The largest absolute Gasteiger partial charge is 0.456 e. The van der Waals surface area contributed by atoms with Gasteiger partial charge in [0.2, 0.25) is 0 Å². The Kier molecular flexibility index (Phi) is 9.70. The number of fused-ring (bicyclic) bond motifs is 6. The zero-order valence-electron chi connectivity index (χ0n) is 35.5. The quantitative estimate of drug-likeness (QED) is 0.101. The predicted molar refractivity (Wildman–Crippen MR) is 280 cm³/mol. The Balaban J connectivity index is 1.08. The Bertz CT molecular complexity index is 3380. The first kappa shape index (κ1) is 38.7. The summed E-state index contributed by atoms with van der Waals surface area (Å²) < 4.78 is 9.05. The minimum absolute atomic E-state index is 0.865. The van der Waals surface area contributed by atoms with Gasteiger partial charge in [-0.3, -0.25) is 0 Å². The molecule has 0 saturated heterocycles. The van der Waals surface area contributed by atoms with Crippen LogP contribution in [0.15, 0.2) is 259 Å². The van der Waals surface area contributed by atoms with Crippen molar-refractivity contribution in [3.05, 3.63) is 255 Å². The number of rotatable bonds is 10. The number of hydrogen-bond acceptors (Lipinski definition) is 4. The summed E-state index contributed by atoms with van der Waals surface area (Å²) in [4.78, 5) is 4.78. The van der Waals surface area contributed by atoms with Gasteiger partial charge in [0.1, 0.15) is 11.2 Å². The third-order valence-electron chi connectivity index (χ3n) is 12.8. The van der Waals surface area contributed by atoms with E-state index in [9.17, 15) is 0 Å². The van der Waals surface area contributed by atoms with Crippen LogP contribution in [0.2, 0.25) is 0 Å². The summed E-state index contributed by atoms with van der Waals surface area (Å²) in [5.74, 6) is 0. The molecule has 0 N–H and O–H groups in total. The second-order valence-electron chi connectivity index (χ2n) is 16.5. The van der Waals surface area contributed by atoms with Crippen molar-refractivity contribution in [2.24, 2.45) is 0 Å². The van der Waals surface area contributed by atoms with Crippen molar-refractivity contribution in [1.82, 2.24) is 0 Å². The Morgan fingerprint density at radius 1 is 0.277 bits per heavy atom. The number of hydrogen-bond donors (Lipinski definition) is 0. The molecule has 0 aliphatic heterocycles. The highest BCUT2D eigenvalue weighted by Gasteiger charge is 2.42. The molecule has 0 amide bonds. The van der Waals surface area contributed by atoms with E-state index in [0.29, 0.717) is 0 Å². The second-order valence-corrected chi connectivity index (χ2v) is 21.4. The second kappa shape index (κ2) is 16.3. The van der Waals surface area contributed by atoms with Crippen LogP contribution in [0.25, 0.3) is 42.1 Å². The molecule has 0 saturated carbocycles. The van der Waals surface area contributed by atoms with Crippen molar-refractivity contribution < 1.29 is 4.42 Å². The first-order valence-electron chi connectivity index (χ1n) is 22.1. The lowest BCUT2D eigenvalue weighted by Crippen LogP contribution is -2.74. The lowest BCUT2D eigenvalue weighted by atomic mass is 10.1. The molecule has 0 unspecified atom stereocenters. The van der Waals surface area contributed by atoms with Crippen molar-refractivity contribution in [2.75, 3.05) is 9.80 Å². The van der Waals surface area contributed by atoms with E-state index >= 15 is 0 Å². The number of benzene rings is 10. The zero-order chi connectivity index (χ0) is 43.2. The third-order valence-corrected chi connectivity index (χ3v) is 18.6. The molecule has 0 aliphatic carbocycles. The fourth-order valence-corrected chi connectivity index (χ4v) is 15.8. The van der Waals surface area contributed by atoms with Gasteiger partial charge < -0.3 is 14.2 Å². The van der Waals surface area contributed by atoms with Crippen molar-refractivity contribution >= 4 is 116 Å². The maximum absolute atomic E-state index is 6.47. The fraction of sp³-hybridized carbons (Fsp3) is 0. The molecular weight excluding hydrogens is 825 g/mol. The van der Waals surface area contributed by atoms with Gasteiger partial charge >= 0.3 is 0 Å². The Labute approximate surface area is 383 Å². The van der Waals surface area contributed by atoms with E-state index in [1.165, 1.54) is 40.9 Å². The van der Waals surface area contributed by atoms with E-state index in [4.69, 9.17) is 4.42 Å². The molecule has 5 heteroatoms. The highest BCUT2D eigenvalue weighted by Crippen LogP contribution is 2.41. The first-order valence-corrected chi connectivity index (χ1v) is 24.9. The van der Waals surface area contributed by atoms with Gasteiger partial charge in [-0.1, -0.05) is 164 Å². The minimum Gasteiger partial charge on any atom is -0.456 e. The van der Waals surface area contributed by atoms with Crippen molar-refractivity contribution in [3.8, 4) is 0 Å². The van der Waals surface area contributed by atoms with Crippen LogP contribution >= 0.6 is 11.3 Å². The molecule has 0 spiro atoms. The fourth-order valence-electron chi connectivity index (χ4n) is 9.89. The molecule has 65 heavy (non-hydrogen) atoms. The minimum atomic E-state index is -3.06. The molecule has 0 atom stereocenters. The molecule has 0 radical (unpaired) electrons. The molecule has 10 aromatic carbocycles. The van der Waals surface area contributed by atoms with E-state index in [1.54, 1.807) is 0 Å². The van der Waals surface area contributed by atoms with E-state index in [2.05, 4.69) is 252 Å². The molecule has 2 heterocycles. The maximum Gasteiger partial charge on any atom is 0.179 e. The molecule has 3 nitrogen and oxygen atoms in total. The summed E-state index contributed by atoms with van der Waals surface area (Å²) in [7, 11) is -3.06. The van der Waals surface area contributed by atoms with Gasteiger partial charge in [-0.2, -0.15) is 0 Å². The maximum atomic E-state index is 6.47. The molecule has 308 valence electrons. The van der Waals surface area contributed by atoms with Crippen molar-refractivity contribution in [1.29, 1.82) is 0 Å². The standard InChI is InChI=1S/C60H42N2OSSi/c1-5-19-43(20-6-1)61(47-35-37-54-53-31-13-15-33-57(53)63-58(54)41-47)45-23-17-29-51(39-45)65(49-25-9-3-10-26-49,50-27-11-4-12-28-50)52-30-18-24-46(40-52)62(44-21-7-2-8-22-44)48-36-38-56-55-32-14-16-34-59(55)64-60(56)42-48/h1-42H. The summed E-state index contributed by atoms with van der Waals surface area (Å²) in [6, 6.07) is 93.1. The smallest absolute Gasteiger partial charge is 0.179 e. The first-order chi connectivity index (χ1) is 32.2. The van der Waals surface area contributed by atoms with Gasteiger partial charge in [0, 0.05) is 71.1 Å². The summed E-state index contributed by atoms with van der Waals surface area (Å²) in [6.07, 6.45) is 0. The van der Waals surface area contributed by atoms with Crippen LogP contribution in [0.1, 0.15) is 0 Å². The Morgan fingerprint density at radius 2 is 0.692 bits per heavy atom. The number of anilines is 6. The summed E-state index contributed by atoms with van der Waals surface area (Å²) in [5.41, 5.74) is 8.28. The number of nitrogens with zero attached hydrogens (tertiary/aromatic N) is 2. The number of para-hydroxylation sites is 3. The Hall–Kier alpha value is -7.96. The van der Waals surface area contributed by atoms with Crippen LogP contribution in [-0.2, 0) is 0 Å². The van der Waals surface area contributed by atoms with Gasteiger partial charge in [0.05, 0.1) is 0 Å². The average Bonchev–Trinajstić information content (AvgIpc) is 3.94. The van der Waals surface area contributed by atoms with Crippen LogP contribution in [0.3, 0.4) is 0 Å². The van der Waals surface area contributed by atoms with Crippen LogP contribution in [0.4, 0.5) is 34.1 Å². The van der Waals surface area contributed by atoms with Gasteiger partial charge in [0.15, 0.2) is 8.07 Å². The molecular formula is C60H42N2OSSi. The summed E-state index contributed by atoms with van der Waals surface area (Å²) >= 11 is 1.86. The van der Waals surface area contributed by atoms with E-state index in [-0.39, 0.29) is 0 Å². The molecule has 0 bridgehead atoms. The topological polar surface area (TPSA) is 19.6 Å². The molecule has 12 rings (SSSR count). The van der Waals surface area contributed by atoms with E-state index < -0.39 is 8.07 Å². The van der Waals surface area contributed by atoms with E-state index in [0.717, 1.165) is 56.1 Å². The van der Waals surface area contributed by atoms with Crippen LogP contribution < -0.4 is 30.5 Å². The molecule has 12 aromatic rings. The zero-order valence-corrected chi connectivity index (χ0v) is 37.3. The van der Waals surface area contributed by atoms with E-state index in [1.807, 2.05) is 23.5 Å². The van der Waals surface area contributed by atoms with Gasteiger partial charge in [-0.25, -0.2) is 0 Å². The van der Waals surface area contributed by atoms with Crippen molar-refractivity contribution in [3.63, 3.8) is 0 Å². The lowest BCUT2D eigenvalue weighted by Gasteiger charge is -2.36. The highest BCUT2D eigenvalue weighted by atomic mass is 32.1. The SMILES string of the molecule is c1ccc(N(c2cccc([Si](c3ccccc3)(c3ccccc3)c3cccc(N(c4ccccc4)c4ccc5c(c4)sc4ccccc45)c3)c2)c2ccc3c(c2)oc2ccccc23)cc1. The summed E-state index contributed by atoms with van der Waals surface area (Å²) in [6.45, 7) is 0. The monoisotopic (exact) mass is 866 g/mol. The third kappa shape index (κ3) is 6.72. The average molecular weight is 867 g/mol. The number of furan rings is 1. The predicted octanol–water partition coefficient (Wildman–Crippen LogP) is 14.3. The summed E-state index contributed by atoms with van der Waals surface area (Å²) in [5, 5.41) is 10.0. The van der Waals surface area contributed by atoms with Gasteiger partial charge in [-0.05, 0) is 106 Å². The normalized spacial score (nSPS) is 11.7. The van der Waals surface area contributed by atoms with Gasteiger partial charge in [0.25, 0.3) is 0 Å². The van der Waals surface area contributed by atoms with Gasteiger partial charge in [-0.15, -0.1) is 11.3 Å². The van der Waals surface area contributed by atoms with Crippen LogP contribution in [0.5, 0.6) is 0 Å². The molecule has 0 aliphatic rings. The van der Waals surface area contributed by atoms with Crippen LogP contribution in [-0.4, -0.2) is 8.07 Å². The lowest BCUT2D eigenvalue weighted by molar-refractivity contribution is 0.669. The Morgan fingerprint density at radius 3 is 1.29 bits per heavy atom. The molecule has 2 aromatic heterocycles.